The van der Waals surface area contributed by atoms with Crippen LogP contribution in [0, 0.1) is 0 Å². The van der Waals surface area contributed by atoms with Gasteiger partial charge < -0.3 is 14.9 Å². The molecular formula is C9H12O4S. The fraction of sp³-hybridized carbons (Fsp3) is 0.444. The molecule has 0 spiro atoms. The number of aromatic carboxylic acids is 1. The number of carboxylic acid groups (broad SMARTS) is 1. The van der Waals surface area contributed by atoms with E-state index < -0.39 is 5.97 Å². The molecule has 0 bridgehead atoms. The van der Waals surface area contributed by atoms with Crippen LogP contribution in [0.4, 0.5) is 0 Å². The van der Waals surface area contributed by atoms with Crippen LogP contribution in [0.3, 0.4) is 0 Å². The monoisotopic (exact) mass is 216 g/mol. The Kier molecular flexibility index (Phi) is 3.91. The van der Waals surface area contributed by atoms with Crippen molar-refractivity contribution in [1.82, 2.24) is 0 Å². The average Bonchev–Trinajstić information content (AvgIpc) is 2.58. The van der Waals surface area contributed by atoms with Gasteiger partial charge >= 0.3 is 5.97 Å². The largest absolute Gasteiger partial charge is 0.489 e. The number of carboxylic acids is 1. The molecule has 1 rings (SSSR count). The van der Waals surface area contributed by atoms with Gasteiger partial charge in [0, 0.05) is 4.88 Å². The van der Waals surface area contributed by atoms with Crippen LogP contribution in [0.1, 0.15) is 21.5 Å². The van der Waals surface area contributed by atoms with Gasteiger partial charge in [-0.25, -0.2) is 4.79 Å². The maximum Gasteiger partial charge on any atom is 0.349 e. The summed E-state index contributed by atoms with van der Waals surface area (Å²) in [6, 6.07) is 1.71. The summed E-state index contributed by atoms with van der Waals surface area (Å²) in [7, 11) is 0. The van der Waals surface area contributed by atoms with E-state index in [2.05, 4.69) is 0 Å². The summed E-state index contributed by atoms with van der Waals surface area (Å²) in [6.45, 7) is 1.96. The first-order chi connectivity index (χ1) is 6.69. The lowest BCUT2D eigenvalue weighted by molar-refractivity contribution is 0.0696. The van der Waals surface area contributed by atoms with E-state index in [4.69, 9.17) is 14.9 Å². The Morgan fingerprint density at radius 3 is 2.86 bits per heavy atom. The van der Waals surface area contributed by atoms with Crippen molar-refractivity contribution in [1.29, 1.82) is 0 Å². The molecule has 0 aromatic carbocycles. The van der Waals surface area contributed by atoms with Gasteiger partial charge in [-0.15, -0.1) is 11.3 Å². The Hall–Kier alpha value is -1.07. The predicted molar refractivity (Wildman–Crippen MR) is 53.2 cm³/mol. The van der Waals surface area contributed by atoms with Crippen LogP contribution in [0.25, 0.3) is 0 Å². The van der Waals surface area contributed by atoms with Crippen molar-refractivity contribution in [3.63, 3.8) is 0 Å². The third-order valence-electron chi connectivity index (χ3n) is 1.64. The Balaban J connectivity index is 2.88. The zero-order valence-electron chi connectivity index (χ0n) is 7.82. The minimum absolute atomic E-state index is 0.115. The number of hydrogen-bond acceptors (Lipinski definition) is 4. The van der Waals surface area contributed by atoms with Crippen molar-refractivity contribution in [3.05, 3.63) is 15.8 Å². The maximum absolute atomic E-state index is 10.8. The molecule has 0 fully saturated rings. The van der Waals surface area contributed by atoms with Crippen molar-refractivity contribution in [2.24, 2.45) is 0 Å². The molecule has 14 heavy (non-hydrogen) atoms. The van der Waals surface area contributed by atoms with Crippen LogP contribution in [0.15, 0.2) is 6.07 Å². The molecule has 1 aromatic rings. The van der Waals surface area contributed by atoms with Gasteiger partial charge in [-0.05, 0) is 12.5 Å². The number of aryl methyl sites for hydroxylation is 1. The van der Waals surface area contributed by atoms with E-state index in [-0.39, 0.29) is 18.1 Å². The number of rotatable bonds is 5. The highest BCUT2D eigenvalue weighted by atomic mass is 32.1. The Bertz CT molecular complexity index is 319. The number of carbonyl (C=O) groups is 1. The fourth-order valence-electron chi connectivity index (χ4n) is 1.01. The van der Waals surface area contributed by atoms with E-state index in [9.17, 15) is 4.79 Å². The minimum Gasteiger partial charge on any atom is -0.489 e. The second-order valence-electron chi connectivity index (χ2n) is 2.64. The van der Waals surface area contributed by atoms with E-state index >= 15 is 0 Å². The molecule has 1 heterocycles. The van der Waals surface area contributed by atoms with Crippen LogP contribution in [0.5, 0.6) is 5.75 Å². The zero-order chi connectivity index (χ0) is 10.6. The van der Waals surface area contributed by atoms with Crippen LogP contribution >= 0.6 is 11.3 Å². The lowest BCUT2D eigenvalue weighted by atomic mass is 10.3. The standard InChI is InChI=1S/C9H12O4S/c1-2-6-5-7(13-4-3-10)8(14-6)9(11)12/h5,10H,2-4H2,1H3,(H,11,12). The normalized spacial score (nSPS) is 10.1. The lowest BCUT2D eigenvalue weighted by Gasteiger charge is -2.01. The highest BCUT2D eigenvalue weighted by molar-refractivity contribution is 7.14. The molecule has 0 radical (unpaired) electrons. The molecule has 5 heteroatoms. The molecule has 0 atom stereocenters. The van der Waals surface area contributed by atoms with E-state index in [0.29, 0.717) is 5.75 Å². The van der Waals surface area contributed by atoms with Crippen molar-refractivity contribution in [2.75, 3.05) is 13.2 Å². The van der Waals surface area contributed by atoms with Crippen LogP contribution in [0.2, 0.25) is 0 Å². The molecule has 0 amide bonds. The van der Waals surface area contributed by atoms with E-state index in [1.54, 1.807) is 6.07 Å². The second-order valence-corrected chi connectivity index (χ2v) is 3.77. The lowest BCUT2D eigenvalue weighted by Crippen LogP contribution is -2.04. The van der Waals surface area contributed by atoms with Crippen molar-refractivity contribution in [3.8, 4) is 5.75 Å². The summed E-state index contributed by atoms with van der Waals surface area (Å²) >= 11 is 1.21. The molecule has 2 N–H and O–H groups in total. The van der Waals surface area contributed by atoms with Crippen molar-refractivity contribution >= 4 is 17.3 Å². The number of aliphatic hydroxyl groups is 1. The van der Waals surface area contributed by atoms with Gasteiger partial charge in [-0.1, -0.05) is 6.92 Å². The smallest absolute Gasteiger partial charge is 0.349 e. The fourth-order valence-corrected chi connectivity index (χ4v) is 1.89. The second kappa shape index (κ2) is 4.97. The molecule has 0 saturated carbocycles. The number of ether oxygens (including phenoxy) is 1. The number of hydrogen-bond donors (Lipinski definition) is 2. The molecule has 0 unspecified atom stereocenters. The molecule has 0 aliphatic carbocycles. The van der Waals surface area contributed by atoms with Crippen LogP contribution in [-0.4, -0.2) is 29.4 Å². The van der Waals surface area contributed by atoms with E-state index in [0.717, 1.165) is 11.3 Å². The maximum atomic E-state index is 10.8. The molecule has 4 nitrogen and oxygen atoms in total. The highest BCUT2D eigenvalue weighted by Gasteiger charge is 2.15. The zero-order valence-corrected chi connectivity index (χ0v) is 8.63. The topological polar surface area (TPSA) is 66.8 Å². The van der Waals surface area contributed by atoms with Gasteiger partial charge in [0.25, 0.3) is 0 Å². The highest BCUT2D eigenvalue weighted by Crippen LogP contribution is 2.29. The van der Waals surface area contributed by atoms with Crippen molar-refractivity contribution in [2.45, 2.75) is 13.3 Å². The first-order valence-electron chi connectivity index (χ1n) is 4.28. The number of aliphatic hydroxyl groups excluding tert-OH is 1. The molecular weight excluding hydrogens is 204 g/mol. The van der Waals surface area contributed by atoms with E-state index in [1.165, 1.54) is 11.3 Å². The van der Waals surface area contributed by atoms with Crippen LogP contribution in [-0.2, 0) is 6.42 Å². The molecule has 0 aliphatic rings. The van der Waals surface area contributed by atoms with Gasteiger partial charge in [0.05, 0.1) is 6.61 Å². The quantitative estimate of drug-likeness (QED) is 0.780. The number of thiophene rings is 1. The summed E-state index contributed by atoms with van der Waals surface area (Å²) in [5, 5.41) is 17.4. The SMILES string of the molecule is CCc1cc(OCCO)c(C(=O)O)s1. The molecule has 0 aliphatic heterocycles. The summed E-state index contributed by atoms with van der Waals surface area (Å²) < 4.78 is 5.11. The Morgan fingerprint density at radius 2 is 2.36 bits per heavy atom. The molecule has 1 aromatic heterocycles. The van der Waals surface area contributed by atoms with Crippen LogP contribution < -0.4 is 4.74 Å². The van der Waals surface area contributed by atoms with Gasteiger partial charge in [0.1, 0.15) is 12.4 Å². The van der Waals surface area contributed by atoms with Gasteiger partial charge in [0.2, 0.25) is 0 Å². The first-order valence-corrected chi connectivity index (χ1v) is 5.10. The minimum atomic E-state index is -0.984. The van der Waals surface area contributed by atoms with Crippen molar-refractivity contribution < 1.29 is 19.7 Å². The third-order valence-corrected chi connectivity index (χ3v) is 2.89. The first kappa shape index (κ1) is 11.0. The molecule has 78 valence electrons. The predicted octanol–water partition coefficient (Wildman–Crippen LogP) is 1.38. The summed E-state index contributed by atoms with van der Waals surface area (Å²) in [5.41, 5.74) is 0. The van der Waals surface area contributed by atoms with Gasteiger partial charge in [0.15, 0.2) is 4.88 Å². The Morgan fingerprint density at radius 1 is 1.64 bits per heavy atom. The van der Waals surface area contributed by atoms with Gasteiger partial charge in [-0.2, -0.15) is 0 Å². The summed E-state index contributed by atoms with van der Waals surface area (Å²) in [5.74, 6) is -0.629. The third kappa shape index (κ3) is 2.46. The Labute approximate surface area is 85.8 Å². The summed E-state index contributed by atoms with van der Waals surface area (Å²) in [4.78, 5) is 12.0. The average molecular weight is 216 g/mol. The molecule has 0 saturated heterocycles. The summed E-state index contributed by atoms with van der Waals surface area (Å²) in [6.07, 6.45) is 0.785. The van der Waals surface area contributed by atoms with E-state index in [1.807, 2.05) is 6.92 Å². The van der Waals surface area contributed by atoms with Gasteiger partial charge in [-0.3, -0.25) is 0 Å².